The van der Waals surface area contributed by atoms with E-state index >= 15 is 0 Å². The van der Waals surface area contributed by atoms with E-state index < -0.39 is 45.0 Å². The van der Waals surface area contributed by atoms with Gasteiger partial charge in [0, 0.05) is 24.2 Å². The van der Waals surface area contributed by atoms with E-state index in [0.29, 0.717) is 31.7 Å². The Hall–Kier alpha value is -2.92. The fourth-order valence-corrected chi connectivity index (χ4v) is 7.78. The molecule has 0 unspecified atom stereocenters. The lowest BCUT2D eigenvalue weighted by molar-refractivity contribution is -0.138. The number of carbonyl (C=O) groups excluding carboxylic acids is 2. The summed E-state index contributed by atoms with van der Waals surface area (Å²) in [4.78, 5) is 30.6. The Kier molecular flexibility index (Phi) is 8.65. The van der Waals surface area contributed by atoms with E-state index in [-0.39, 0.29) is 35.2 Å². The average Bonchev–Trinajstić information content (AvgIpc) is 3.28. The Morgan fingerprint density at radius 1 is 1.07 bits per heavy atom. The molecule has 1 aliphatic carbocycles. The molecule has 1 saturated heterocycles. The average molecular weight is 580 g/mol. The summed E-state index contributed by atoms with van der Waals surface area (Å²) in [7, 11) is -1.69. The summed E-state index contributed by atoms with van der Waals surface area (Å²) >= 11 is 0. The monoisotopic (exact) mass is 579 g/mol. The third-order valence-corrected chi connectivity index (χ3v) is 10.3. The highest BCUT2D eigenvalue weighted by atomic mass is 32.2. The molecular weight excluding hydrogens is 543 g/mol. The number of hydrogen-bond donors (Lipinski definition) is 1. The number of hydrogen-bond acceptors (Lipinski definition) is 5. The predicted molar refractivity (Wildman–Crippen MR) is 145 cm³/mol. The normalized spacial score (nSPS) is 24.1. The quantitative estimate of drug-likeness (QED) is 0.497. The van der Waals surface area contributed by atoms with Gasteiger partial charge in [-0.1, -0.05) is 24.3 Å². The zero-order valence-electron chi connectivity index (χ0n) is 22.9. The number of carbonyl (C=O) groups is 2. The van der Waals surface area contributed by atoms with E-state index in [9.17, 15) is 31.2 Å². The van der Waals surface area contributed by atoms with Gasteiger partial charge in [0.05, 0.1) is 21.8 Å². The minimum absolute atomic E-state index is 0.192. The molecule has 2 fully saturated rings. The summed E-state index contributed by atoms with van der Waals surface area (Å²) in [5, 5.41) is 2.59. The largest absolute Gasteiger partial charge is 0.416 e. The molecule has 7 nitrogen and oxygen atoms in total. The molecule has 0 radical (unpaired) electrons. The van der Waals surface area contributed by atoms with Crippen molar-refractivity contribution in [1.82, 2.24) is 15.1 Å². The molecule has 2 aromatic rings. The summed E-state index contributed by atoms with van der Waals surface area (Å²) in [5.41, 5.74) is -2.09. The predicted octanol–water partition coefficient (Wildman–Crippen LogP) is 4.53. The lowest BCUT2D eigenvalue weighted by Gasteiger charge is -2.48. The van der Waals surface area contributed by atoms with Gasteiger partial charge < -0.3 is 15.1 Å². The second-order valence-electron chi connectivity index (χ2n) is 11.2. The van der Waals surface area contributed by atoms with Gasteiger partial charge in [-0.3, -0.25) is 9.59 Å². The van der Waals surface area contributed by atoms with Crippen LogP contribution in [0.2, 0.25) is 0 Å². The highest BCUT2D eigenvalue weighted by Crippen LogP contribution is 2.40. The van der Waals surface area contributed by atoms with Crippen molar-refractivity contribution in [3.8, 4) is 0 Å². The number of nitrogens with one attached hydrogen (secondary N) is 1. The van der Waals surface area contributed by atoms with Crippen LogP contribution in [0.4, 0.5) is 13.2 Å². The number of rotatable bonds is 8. The molecule has 2 aromatic carbocycles. The highest BCUT2D eigenvalue weighted by molar-refractivity contribution is 7.91. The van der Waals surface area contributed by atoms with Crippen molar-refractivity contribution in [2.75, 3.05) is 19.3 Å². The lowest BCUT2D eigenvalue weighted by Crippen LogP contribution is -2.59. The van der Waals surface area contributed by atoms with Crippen LogP contribution >= 0.6 is 0 Å². The Bertz CT molecular complexity index is 1320. The number of halogens is 3. The van der Waals surface area contributed by atoms with Crippen molar-refractivity contribution >= 4 is 21.7 Å². The summed E-state index contributed by atoms with van der Waals surface area (Å²) in [6.07, 6.45) is -1.96. The SMILES string of the molecule is CC(C)N(C)C1CCC(CS(=O)(=O)c2ccccc2)(N2CC[C@H](NC(=O)c3cccc(C(F)(F)F)c3)C2=O)CC1. The molecule has 1 aliphatic heterocycles. The van der Waals surface area contributed by atoms with Gasteiger partial charge in [-0.25, -0.2) is 8.42 Å². The third kappa shape index (κ3) is 6.35. The summed E-state index contributed by atoms with van der Waals surface area (Å²) in [5.74, 6) is -1.42. The zero-order chi connectivity index (χ0) is 29.3. The van der Waals surface area contributed by atoms with Gasteiger partial charge in [-0.15, -0.1) is 0 Å². The van der Waals surface area contributed by atoms with Crippen molar-refractivity contribution in [1.29, 1.82) is 0 Å². The van der Waals surface area contributed by atoms with Crippen molar-refractivity contribution in [3.63, 3.8) is 0 Å². The Morgan fingerprint density at radius 3 is 2.33 bits per heavy atom. The first-order valence-corrected chi connectivity index (χ1v) is 15.2. The minimum atomic E-state index is -4.60. The van der Waals surface area contributed by atoms with Crippen molar-refractivity contribution in [2.45, 2.75) is 80.7 Å². The van der Waals surface area contributed by atoms with Crippen LogP contribution in [-0.2, 0) is 20.8 Å². The van der Waals surface area contributed by atoms with Gasteiger partial charge in [0.25, 0.3) is 5.91 Å². The maximum absolute atomic E-state index is 13.7. The smallest absolute Gasteiger partial charge is 0.340 e. The van der Waals surface area contributed by atoms with E-state index in [1.165, 1.54) is 6.07 Å². The van der Waals surface area contributed by atoms with E-state index in [4.69, 9.17) is 0 Å². The first kappa shape index (κ1) is 30.0. The minimum Gasteiger partial charge on any atom is -0.340 e. The van der Waals surface area contributed by atoms with Gasteiger partial charge in [0.1, 0.15) is 6.04 Å². The van der Waals surface area contributed by atoms with Crippen LogP contribution in [0.1, 0.15) is 61.9 Å². The van der Waals surface area contributed by atoms with E-state index in [2.05, 4.69) is 24.1 Å². The summed E-state index contributed by atoms with van der Waals surface area (Å²) in [6.45, 7) is 4.45. The number of sulfone groups is 1. The molecule has 218 valence electrons. The molecule has 2 amide bonds. The Labute approximate surface area is 233 Å². The Balaban J connectivity index is 1.56. The van der Waals surface area contributed by atoms with Crippen LogP contribution in [0.25, 0.3) is 0 Å². The number of amides is 2. The van der Waals surface area contributed by atoms with Crippen LogP contribution < -0.4 is 5.32 Å². The molecule has 2 aliphatic rings. The van der Waals surface area contributed by atoms with Gasteiger partial charge in [-0.05, 0) is 83.3 Å². The van der Waals surface area contributed by atoms with E-state index in [1.54, 1.807) is 35.2 Å². The van der Waals surface area contributed by atoms with Crippen molar-refractivity contribution in [3.05, 3.63) is 65.7 Å². The van der Waals surface area contributed by atoms with Gasteiger partial charge in [0.15, 0.2) is 9.84 Å². The molecule has 1 saturated carbocycles. The van der Waals surface area contributed by atoms with Crippen LogP contribution in [-0.4, -0.2) is 73.0 Å². The zero-order valence-corrected chi connectivity index (χ0v) is 23.8. The molecule has 1 heterocycles. The number of nitrogens with zero attached hydrogens (tertiary/aromatic N) is 2. The number of alkyl halides is 3. The van der Waals surface area contributed by atoms with E-state index in [1.807, 2.05) is 7.05 Å². The highest BCUT2D eigenvalue weighted by Gasteiger charge is 2.50. The summed E-state index contributed by atoms with van der Waals surface area (Å²) < 4.78 is 66.5. The number of benzene rings is 2. The first-order valence-electron chi connectivity index (χ1n) is 13.5. The fourth-order valence-electron chi connectivity index (χ4n) is 5.89. The topological polar surface area (TPSA) is 86.8 Å². The Morgan fingerprint density at radius 2 is 1.73 bits per heavy atom. The standard InChI is InChI=1S/C29H36F3N3O4S/c1-20(2)34(3)23-12-15-28(16-13-23,19-40(38,39)24-10-5-4-6-11-24)35-17-14-25(27(35)37)33-26(36)21-8-7-9-22(18-21)29(30,31)32/h4-11,18,20,23,25H,12-17,19H2,1-3H3,(H,33,36)/t23?,25-,28?/m0/s1. The van der Waals surface area contributed by atoms with E-state index in [0.717, 1.165) is 18.2 Å². The molecular formula is C29H36F3N3O4S. The third-order valence-electron chi connectivity index (χ3n) is 8.37. The molecule has 11 heteroatoms. The molecule has 1 N–H and O–H groups in total. The molecule has 0 aromatic heterocycles. The van der Waals surface area contributed by atoms with Crippen LogP contribution in [0.3, 0.4) is 0 Å². The molecule has 0 spiro atoms. The molecule has 1 atom stereocenters. The first-order chi connectivity index (χ1) is 18.7. The van der Waals surface area contributed by atoms with Crippen molar-refractivity contribution < 1.29 is 31.2 Å². The second kappa shape index (κ2) is 11.5. The lowest BCUT2D eigenvalue weighted by atomic mass is 9.78. The van der Waals surface area contributed by atoms with Crippen molar-refractivity contribution in [2.24, 2.45) is 0 Å². The fraction of sp³-hybridized carbons (Fsp3) is 0.517. The maximum Gasteiger partial charge on any atom is 0.416 e. The van der Waals surface area contributed by atoms with Gasteiger partial charge in [0.2, 0.25) is 5.91 Å². The maximum atomic E-state index is 13.7. The van der Waals surface area contributed by atoms with Crippen LogP contribution in [0.15, 0.2) is 59.5 Å². The summed E-state index contributed by atoms with van der Waals surface area (Å²) in [6, 6.07) is 11.8. The van der Waals surface area contributed by atoms with Gasteiger partial charge >= 0.3 is 6.18 Å². The van der Waals surface area contributed by atoms with Crippen LogP contribution in [0.5, 0.6) is 0 Å². The van der Waals surface area contributed by atoms with Gasteiger partial charge in [-0.2, -0.15) is 13.2 Å². The molecule has 4 rings (SSSR count). The second-order valence-corrected chi connectivity index (χ2v) is 13.2. The number of likely N-dealkylation sites (tertiary alicyclic amines) is 1. The van der Waals surface area contributed by atoms with Crippen LogP contribution in [0, 0.1) is 0 Å². The molecule has 0 bridgehead atoms. The molecule has 40 heavy (non-hydrogen) atoms.